The summed E-state index contributed by atoms with van der Waals surface area (Å²) in [6, 6.07) is 12.7. The molecule has 0 spiro atoms. The lowest BCUT2D eigenvalue weighted by atomic mass is 10.1. The van der Waals surface area contributed by atoms with Gasteiger partial charge in [0.1, 0.15) is 0 Å². The summed E-state index contributed by atoms with van der Waals surface area (Å²) in [6.07, 6.45) is 2.14. The van der Waals surface area contributed by atoms with Crippen molar-refractivity contribution in [2.24, 2.45) is 0 Å². The first-order valence-electron chi connectivity index (χ1n) is 11.2. The monoisotopic (exact) mass is 498 g/mol. The van der Waals surface area contributed by atoms with Gasteiger partial charge in [-0.15, -0.1) is 0 Å². The first kappa shape index (κ1) is 22.8. The van der Waals surface area contributed by atoms with Gasteiger partial charge in [0.05, 0.1) is 21.5 Å². The van der Waals surface area contributed by atoms with Gasteiger partial charge >= 0.3 is 4.87 Å². The number of nitrogens with one attached hydrogen (secondary N) is 1. The average molecular weight is 499 g/mol. The Labute approximate surface area is 201 Å². The zero-order chi connectivity index (χ0) is 24.0. The Balaban J connectivity index is 1.29. The molecule has 3 heterocycles. The Hall–Kier alpha value is -2.95. The summed E-state index contributed by atoms with van der Waals surface area (Å²) >= 11 is 1.06. The largest absolute Gasteiger partial charge is 0.361 e. The van der Waals surface area contributed by atoms with Crippen molar-refractivity contribution >= 4 is 48.4 Å². The van der Waals surface area contributed by atoms with E-state index in [0.717, 1.165) is 33.3 Å². The van der Waals surface area contributed by atoms with E-state index in [0.29, 0.717) is 17.8 Å². The van der Waals surface area contributed by atoms with Crippen LogP contribution in [0.2, 0.25) is 0 Å². The van der Waals surface area contributed by atoms with E-state index in [4.69, 9.17) is 0 Å². The van der Waals surface area contributed by atoms with Gasteiger partial charge in [0.15, 0.2) is 0 Å². The number of hydrogen-bond donors (Lipinski definition) is 1. The van der Waals surface area contributed by atoms with Crippen LogP contribution in [0, 0.1) is 0 Å². The average Bonchev–Trinajstić information content (AvgIpc) is 3.38. The first-order valence-corrected chi connectivity index (χ1v) is 13.5. The molecule has 0 aliphatic carbocycles. The second-order valence-corrected chi connectivity index (χ2v) is 11.7. The SMILES string of the molecule is CC(C)n1c(=O)sc2cc(S(=O)(=O)N3CCN(C(=O)Cc4c[nH]c5ccccc45)CC3)ccc21. The van der Waals surface area contributed by atoms with Crippen molar-refractivity contribution in [3.05, 3.63) is 63.9 Å². The Morgan fingerprint density at radius 1 is 1.09 bits per heavy atom. The normalized spacial score (nSPS) is 15.6. The highest BCUT2D eigenvalue weighted by Gasteiger charge is 2.30. The van der Waals surface area contributed by atoms with Crippen LogP contribution in [0.1, 0.15) is 25.5 Å². The van der Waals surface area contributed by atoms with Gasteiger partial charge < -0.3 is 9.88 Å². The summed E-state index contributed by atoms with van der Waals surface area (Å²) in [4.78, 5) is 30.2. The summed E-state index contributed by atoms with van der Waals surface area (Å²) in [5.74, 6) is -0.0111. The summed E-state index contributed by atoms with van der Waals surface area (Å²) in [5.41, 5.74) is 2.68. The number of aromatic nitrogens is 2. The Kier molecular flexibility index (Phi) is 5.83. The van der Waals surface area contributed by atoms with Gasteiger partial charge in [0.2, 0.25) is 15.9 Å². The Morgan fingerprint density at radius 3 is 2.56 bits per heavy atom. The second kappa shape index (κ2) is 8.68. The molecule has 0 bridgehead atoms. The second-order valence-electron chi connectivity index (χ2n) is 8.78. The first-order chi connectivity index (χ1) is 16.3. The van der Waals surface area contributed by atoms with Gasteiger partial charge in [-0.1, -0.05) is 29.5 Å². The van der Waals surface area contributed by atoms with E-state index in [1.165, 1.54) is 4.31 Å². The molecule has 1 N–H and O–H groups in total. The van der Waals surface area contributed by atoms with Crippen molar-refractivity contribution in [2.45, 2.75) is 31.2 Å². The topological polar surface area (TPSA) is 95.5 Å². The molecule has 1 fully saturated rings. The van der Waals surface area contributed by atoms with Gasteiger partial charge in [-0.25, -0.2) is 8.42 Å². The third-order valence-electron chi connectivity index (χ3n) is 6.35. The number of thiazole rings is 1. The Morgan fingerprint density at radius 2 is 1.82 bits per heavy atom. The van der Waals surface area contributed by atoms with Crippen molar-refractivity contribution < 1.29 is 13.2 Å². The number of piperazine rings is 1. The van der Waals surface area contributed by atoms with Crippen molar-refractivity contribution in [3.63, 3.8) is 0 Å². The highest BCUT2D eigenvalue weighted by Crippen LogP contribution is 2.26. The number of fused-ring (bicyclic) bond motifs is 2. The highest BCUT2D eigenvalue weighted by molar-refractivity contribution is 7.89. The van der Waals surface area contributed by atoms with E-state index < -0.39 is 10.0 Å². The lowest BCUT2D eigenvalue weighted by molar-refractivity contribution is -0.131. The highest BCUT2D eigenvalue weighted by atomic mass is 32.2. The van der Waals surface area contributed by atoms with E-state index >= 15 is 0 Å². The van der Waals surface area contributed by atoms with Crippen molar-refractivity contribution in [2.75, 3.05) is 26.2 Å². The predicted molar refractivity (Wildman–Crippen MR) is 134 cm³/mol. The molecule has 2 aromatic carbocycles. The number of hydrogen-bond acceptors (Lipinski definition) is 5. The minimum absolute atomic E-state index is 0.00132. The number of para-hydroxylation sites is 1. The summed E-state index contributed by atoms with van der Waals surface area (Å²) in [7, 11) is -3.72. The molecule has 0 saturated carbocycles. The molecule has 34 heavy (non-hydrogen) atoms. The Bertz CT molecular complexity index is 1540. The summed E-state index contributed by atoms with van der Waals surface area (Å²) < 4.78 is 30.3. The van der Waals surface area contributed by atoms with E-state index in [1.807, 2.05) is 44.3 Å². The van der Waals surface area contributed by atoms with Crippen LogP contribution < -0.4 is 4.87 Å². The molecule has 1 aliphatic heterocycles. The minimum Gasteiger partial charge on any atom is -0.361 e. The number of H-pyrrole nitrogens is 1. The fourth-order valence-electron chi connectivity index (χ4n) is 4.55. The number of aromatic amines is 1. The molecule has 0 atom stereocenters. The van der Waals surface area contributed by atoms with Gasteiger partial charge in [0.25, 0.3) is 0 Å². The van der Waals surface area contributed by atoms with E-state index in [1.54, 1.807) is 27.7 Å². The van der Waals surface area contributed by atoms with E-state index in [2.05, 4.69) is 4.98 Å². The molecular formula is C24H26N4O4S2. The molecule has 178 valence electrons. The van der Waals surface area contributed by atoms with Crippen molar-refractivity contribution in [3.8, 4) is 0 Å². The maximum Gasteiger partial charge on any atom is 0.308 e. The molecule has 5 rings (SSSR count). The number of rotatable bonds is 5. The molecular weight excluding hydrogens is 472 g/mol. The summed E-state index contributed by atoms with van der Waals surface area (Å²) in [6.45, 7) is 5.03. The quantitative estimate of drug-likeness (QED) is 0.457. The third kappa shape index (κ3) is 3.95. The number of carbonyl (C=O) groups excluding carboxylic acids is 1. The molecule has 1 aliphatic rings. The van der Waals surface area contributed by atoms with Crippen molar-refractivity contribution in [1.29, 1.82) is 0 Å². The summed E-state index contributed by atoms with van der Waals surface area (Å²) in [5, 5.41) is 1.03. The number of carbonyl (C=O) groups is 1. The zero-order valence-corrected chi connectivity index (χ0v) is 20.7. The molecule has 0 radical (unpaired) electrons. The van der Waals surface area contributed by atoms with Crippen LogP contribution in [0.15, 0.2) is 58.4 Å². The van der Waals surface area contributed by atoms with Crippen LogP contribution in [0.5, 0.6) is 0 Å². The number of benzene rings is 2. The van der Waals surface area contributed by atoms with Crippen LogP contribution >= 0.6 is 11.3 Å². The van der Waals surface area contributed by atoms with Gasteiger partial charge in [0, 0.05) is 49.3 Å². The maximum atomic E-state index is 13.3. The number of sulfonamides is 1. The van der Waals surface area contributed by atoms with Crippen LogP contribution in [0.25, 0.3) is 21.1 Å². The lowest BCUT2D eigenvalue weighted by Crippen LogP contribution is -2.50. The minimum atomic E-state index is -3.72. The molecule has 1 saturated heterocycles. The van der Waals surface area contributed by atoms with Crippen LogP contribution in [0.3, 0.4) is 0 Å². The molecule has 10 heteroatoms. The molecule has 1 amide bonds. The number of amides is 1. The van der Waals surface area contributed by atoms with Crippen LogP contribution in [0.4, 0.5) is 0 Å². The lowest BCUT2D eigenvalue weighted by Gasteiger charge is -2.34. The fraction of sp³-hybridized carbons (Fsp3) is 0.333. The van der Waals surface area contributed by atoms with E-state index in [9.17, 15) is 18.0 Å². The predicted octanol–water partition coefficient (Wildman–Crippen LogP) is 3.20. The standard InChI is InChI=1S/C24H26N4O4S2/c1-16(2)28-21-8-7-18(14-22(21)33-24(28)30)34(31,32)27-11-9-26(10-12-27)23(29)13-17-15-25-20-6-4-3-5-19(17)20/h3-8,14-16,25H,9-13H2,1-2H3. The van der Waals surface area contributed by atoms with Crippen molar-refractivity contribution in [1.82, 2.24) is 18.8 Å². The van der Waals surface area contributed by atoms with Gasteiger partial charge in [-0.2, -0.15) is 4.31 Å². The van der Waals surface area contributed by atoms with Gasteiger partial charge in [-0.05, 0) is 43.7 Å². The zero-order valence-electron chi connectivity index (χ0n) is 19.0. The molecule has 2 aromatic heterocycles. The van der Waals surface area contributed by atoms with Crippen LogP contribution in [-0.4, -0.2) is 59.3 Å². The van der Waals surface area contributed by atoms with Crippen LogP contribution in [-0.2, 0) is 21.2 Å². The maximum absolute atomic E-state index is 13.3. The van der Waals surface area contributed by atoms with E-state index in [-0.39, 0.29) is 41.2 Å². The third-order valence-corrected chi connectivity index (χ3v) is 9.16. The molecule has 4 aromatic rings. The molecule has 8 nitrogen and oxygen atoms in total. The van der Waals surface area contributed by atoms with Gasteiger partial charge in [-0.3, -0.25) is 14.2 Å². The fourth-order valence-corrected chi connectivity index (χ4v) is 7.12. The smallest absolute Gasteiger partial charge is 0.308 e. The molecule has 0 unspecified atom stereocenters. The number of nitrogens with zero attached hydrogens (tertiary/aromatic N) is 3.